The summed E-state index contributed by atoms with van der Waals surface area (Å²) < 4.78 is 22.7. The van der Waals surface area contributed by atoms with Crippen LogP contribution in [0.4, 0.5) is 0 Å². The third kappa shape index (κ3) is 64.9. The predicted molar refractivity (Wildman–Crippen MR) is 343 cm³/mol. The molecule has 0 saturated carbocycles. The van der Waals surface area contributed by atoms with Crippen molar-refractivity contribution < 1.29 is 42.9 Å². The second-order valence-electron chi connectivity index (χ2n) is 25.2. The minimum Gasteiger partial charge on any atom is -0.545 e. The van der Waals surface area contributed by atoms with Crippen LogP contribution in [0.15, 0.2) is 36.5 Å². The van der Waals surface area contributed by atoms with Crippen molar-refractivity contribution in [2.24, 2.45) is 0 Å². The van der Waals surface area contributed by atoms with Crippen molar-refractivity contribution in [1.82, 2.24) is 0 Å². The van der Waals surface area contributed by atoms with E-state index in [1.807, 2.05) is 21.1 Å². The van der Waals surface area contributed by atoms with Gasteiger partial charge in [0.25, 0.3) is 0 Å². The second-order valence-corrected chi connectivity index (χ2v) is 25.2. The highest BCUT2D eigenvalue weighted by Crippen LogP contribution is 2.19. The third-order valence-electron chi connectivity index (χ3n) is 15.9. The number of carboxylic acid groups (broad SMARTS) is 1. The summed E-state index contributed by atoms with van der Waals surface area (Å²) >= 11 is 0. The molecule has 0 radical (unpaired) electrons. The standard InChI is InChI=1S/C72H135NO8/c1-6-8-10-12-14-16-18-20-22-23-24-25-26-27-28-29-30-31-32-33-34-35-36-37-38-39-40-41-42-43-44-45-46-47-49-50-52-54-56-58-60-62-69(74)79-66-68(67-80-72(71(76)77)78-65-64-73(3,4)5)81-70(75)63-61-59-57-55-53-51-48-21-19-17-15-13-11-9-7-2/h15,17,21,23-24,48,68,72H,6-14,16,18-20,22,25-47,49-67H2,1-5H3/b17-15-,24-23-,48-21-. The summed E-state index contributed by atoms with van der Waals surface area (Å²) in [4.78, 5) is 37.3. The number of quaternary nitrogens is 1. The maximum absolute atomic E-state index is 12.8. The lowest BCUT2D eigenvalue weighted by molar-refractivity contribution is -0.870. The molecule has 0 aliphatic carbocycles. The molecule has 476 valence electrons. The van der Waals surface area contributed by atoms with Crippen LogP contribution in [-0.2, 0) is 33.3 Å². The fourth-order valence-corrected chi connectivity index (χ4v) is 10.4. The van der Waals surface area contributed by atoms with Gasteiger partial charge >= 0.3 is 11.9 Å². The van der Waals surface area contributed by atoms with E-state index in [0.717, 1.165) is 57.8 Å². The lowest BCUT2D eigenvalue weighted by Crippen LogP contribution is -2.44. The van der Waals surface area contributed by atoms with Gasteiger partial charge in [-0.25, -0.2) is 0 Å². The van der Waals surface area contributed by atoms with Gasteiger partial charge in [0, 0.05) is 12.8 Å². The van der Waals surface area contributed by atoms with Crippen molar-refractivity contribution in [3.05, 3.63) is 36.5 Å². The maximum Gasteiger partial charge on any atom is 0.306 e. The molecule has 2 atom stereocenters. The summed E-state index contributed by atoms with van der Waals surface area (Å²) in [6.07, 6.45) is 77.0. The first kappa shape index (κ1) is 78.5. The highest BCUT2D eigenvalue weighted by atomic mass is 16.7. The van der Waals surface area contributed by atoms with Gasteiger partial charge in [0.15, 0.2) is 12.4 Å². The molecule has 0 heterocycles. The van der Waals surface area contributed by atoms with Gasteiger partial charge in [0.05, 0.1) is 40.3 Å². The summed E-state index contributed by atoms with van der Waals surface area (Å²) in [5.74, 6) is -2.28. The van der Waals surface area contributed by atoms with Crippen molar-refractivity contribution in [3.8, 4) is 0 Å². The smallest absolute Gasteiger partial charge is 0.306 e. The Kier molecular flexibility index (Phi) is 61.6. The van der Waals surface area contributed by atoms with E-state index in [4.69, 9.17) is 18.9 Å². The van der Waals surface area contributed by atoms with Gasteiger partial charge in [-0.1, -0.05) is 301 Å². The first-order valence-electron chi connectivity index (χ1n) is 35.1. The van der Waals surface area contributed by atoms with E-state index in [1.165, 1.54) is 257 Å². The van der Waals surface area contributed by atoms with E-state index < -0.39 is 24.3 Å². The fraction of sp³-hybridized carbons (Fsp3) is 0.875. The molecule has 9 nitrogen and oxygen atoms in total. The number of unbranched alkanes of at least 4 members (excludes halogenated alkanes) is 45. The Morgan fingerprint density at radius 3 is 1.01 bits per heavy atom. The minimum absolute atomic E-state index is 0.146. The molecule has 81 heavy (non-hydrogen) atoms. The molecule has 0 amide bonds. The molecule has 0 spiro atoms. The Hall–Kier alpha value is -2.49. The Balaban J connectivity index is 3.87. The van der Waals surface area contributed by atoms with Crippen molar-refractivity contribution in [2.45, 2.75) is 360 Å². The van der Waals surface area contributed by atoms with Gasteiger partial charge in [-0.3, -0.25) is 9.59 Å². The highest BCUT2D eigenvalue weighted by molar-refractivity contribution is 5.70. The zero-order valence-corrected chi connectivity index (χ0v) is 54.4. The van der Waals surface area contributed by atoms with Gasteiger partial charge < -0.3 is 33.3 Å². The summed E-state index contributed by atoms with van der Waals surface area (Å²) in [5, 5.41) is 11.8. The molecule has 0 fully saturated rings. The van der Waals surface area contributed by atoms with Gasteiger partial charge in [-0.15, -0.1) is 0 Å². The Morgan fingerprint density at radius 2 is 0.667 bits per heavy atom. The first-order chi connectivity index (χ1) is 39.6. The Labute approximate surface area is 502 Å². The normalized spacial score (nSPS) is 12.9. The number of carbonyl (C=O) groups is 3. The lowest BCUT2D eigenvalue weighted by atomic mass is 10.0. The van der Waals surface area contributed by atoms with E-state index in [-0.39, 0.29) is 32.2 Å². The number of esters is 2. The molecule has 0 aliphatic heterocycles. The Bertz CT molecular complexity index is 1420. The average Bonchev–Trinajstić information content (AvgIpc) is 3.44. The topological polar surface area (TPSA) is 111 Å². The van der Waals surface area contributed by atoms with Crippen LogP contribution in [-0.4, -0.2) is 82.3 Å². The summed E-state index contributed by atoms with van der Waals surface area (Å²) in [5.41, 5.74) is 0. The lowest BCUT2D eigenvalue weighted by Gasteiger charge is -2.26. The van der Waals surface area contributed by atoms with E-state index in [2.05, 4.69) is 50.3 Å². The SMILES string of the molecule is CCCCC/C=C\C/C=C\CCCCCCCC(=O)OC(COC(=O)CCCCCCCCCCCCCCCCCCCCCCCCCCCCCCC/C=C\CCCCCCCCCC)COC(OCC[N+](C)(C)C)C(=O)[O-]. The van der Waals surface area contributed by atoms with Crippen LogP contribution >= 0.6 is 0 Å². The number of rotatable bonds is 66. The molecule has 0 aromatic carbocycles. The van der Waals surface area contributed by atoms with Crippen LogP contribution in [0.1, 0.15) is 348 Å². The molecule has 0 rings (SSSR count). The Morgan fingerprint density at radius 1 is 0.370 bits per heavy atom. The van der Waals surface area contributed by atoms with Crippen molar-refractivity contribution in [2.75, 3.05) is 47.5 Å². The maximum atomic E-state index is 12.8. The average molecular weight is 1140 g/mol. The van der Waals surface area contributed by atoms with Crippen LogP contribution in [0.25, 0.3) is 0 Å². The summed E-state index contributed by atoms with van der Waals surface area (Å²) in [6.45, 7) is 4.75. The number of nitrogens with zero attached hydrogens (tertiary/aromatic N) is 1. The van der Waals surface area contributed by atoms with Crippen molar-refractivity contribution in [1.29, 1.82) is 0 Å². The van der Waals surface area contributed by atoms with E-state index in [0.29, 0.717) is 23.9 Å². The van der Waals surface area contributed by atoms with Crippen LogP contribution < -0.4 is 5.11 Å². The zero-order chi connectivity index (χ0) is 59.1. The van der Waals surface area contributed by atoms with E-state index >= 15 is 0 Å². The molecule has 2 unspecified atom stereocenters. The van der Waals surface area contributed by atoms with E-state index in [9.17, 15) is 19.5 Å². The number of hydrogen-bond acceptors (Lipinski definition) is 8. The quantitative estimate of drug-likeness (QED) is 0.0195. The summed E-state index contributed by atoms with van der Waals surface area (Å²) in [6, 6.07) is 0. The zero-order valence-electron chi connectivity index (χ0n) is 54.4. The minimum atomic E-state index is -1.62. The largest absolute Gasteiger partial charge is 0.545 e. The van der Waals surface area contributed by atoms with Crippen molar-refractivity contribution in [3.63, 3.8) is 0 Å². The number of aliphatic carboxylic acids is 1. The third-order valence-corrected chi connectivity index (χ3v) is 15.9. The fourth-order valence-electron chi connectivity index (χ4n) is 10.4. The molecular weight excluding hydrogens is 1010 g/mol. The first-order valence-corrected chi connectivity index (χ1v) is 35.1. The predicted octanol–water partition coefficient (Wildman–Crippen LogP) is 20.3. The number of likely N-dealkylation sites (N-methyl/N-ethyl adjacent to an activating group) is 1. The molecule has 9 heteroatoms. The molecule has 0 aromatic rings. The summed E-state index contributed by atoms with van der Waals surface area (Å²) in [7, 11) is 5.93. The number of hydrogen-bond donors (Lipinski definition) is 0. The molecule has 0 saturated heterocycles. The molecule has 0 aliphatic rings. The van der Waals surface area contributed by atoms with Crippen LogP contribution in [0.3, 0.4) is 0 Å². The van der Waals surface area contributed by atoms with Gasteiger partial charge in [0.2, 0.25) is 0 Å². The molecule has 0 bridgehead atoms. The second kappa shape index (κ2) is 63.5. The van der Waals surface area contributed by atoms with Crippen molar-refractivity contribution >= 4 is 17.9 Å². The number of ether oxygens (including phenoxy) is 4. The number of carboxylic acids is 1. The van der Waals surface area contributed by atoms with Gasteiger partial charge in [-0.05, 0) is 70.6 Å². The number of carbonyl (C=O) groups excluding carboxylic acids is 3. The molecule has 0 N–H and O–H groups in total. The van der Waals surface area contributed by atoms with E-state index in [1.54, 1.807) is 0 Å². The molecule has 0 aromatic heterocycles. The monoisotopic (exact) mass is 1140 g/mol. The van der Waals surface area contributed by atoms with Crippen LogP contribution in [0, 0.1) is 0 Å². The van der Waals surface area contributed by atoms with Crippen LogP contribution in [0.5, 0.6) is 0 Å². The number of allylic oxidation sites excluding steroid dienone is 6. The molecular formula is C72H135NO8. The van der Waals surface area contributed by atoms with Gasteiger partial charge in [-0.2, -0.15) is 0 Å². The highest BCUT2D eigenvalue weighted by Gasteiger charge is 2.22. The van der Waals surface area contributed by atoms with Gasteiger partial charge in [0.1, 0.15) is 13.2 Å². The van der Waals surface area contributed by atoms with Crippen LogP contribution in [0.2, 0.25) is 0 Å².